The van der Waals surface area contributed by atoms with Gasteiger partial charge in [0.05, 0.1) is 0 Å². The van der Waals surface area contributed by atoms with Gasteiger partial charge in [0.2, 0.25) is 0 Å². The molecule has 3 nitrogen and oxygen atoms in total. The van der Waals surface area contributed by atoms with E-state index in [0.29, 0.717) is 14.1 Å². The molecule has 14 heteroatoms. The molecule has 0 aliphatic rings. The highest BCUT2D eigenvalue weighted by molar-refractivity contribution is 5.75. The number of carboxylic acid groups (broad SMARTS) is 1. The Morgan fingerprint density at radius 2 is 1.27 bits per heavy atom. The SMILES string of the molecule is CN(C)C(C(=O)O)C(F)(F)C(F)(F)C(F)(F)C(F)(F)CCCC(F)(F)F. The van der Waals surface area contributed by atoms with Gasteiger partial charge in [-0.05, 0) is 20.5 Å². The van der Waals surface area contributed by atoms with E-state index in [1.807, 2.05) is 0 Å². The standard InChI is InChI=1S/C12H14F11NO2/c1-24(2)6(7(25)26)10(18,19)12(22,23)11(20,21)8(13,14)4-3-5-9(15,16)17/h6H,3-5H2,1-2H3,(H,25,26). The summed E-state index contributed by atoms with van der Waals surface area (Å²) in [7, 11) is 1.00. The van der Waals surface area contributed by atoms with Gasteiger partial charge >= 0.3 is 35.8 Å². The van der Waals surface area contributed by atoms with Crippen LogP contribution in [0.1, 0.15) is 19.3 Å². The lowest BCUT2D eigenvalue weighted by Gasteiger charge is -2.40. The van der Waals surface area contributed by atoms with Gasteiger partial charge in [0.15, 0.2) is 6.04 Å². The molecule has 0 aliphatic heterocycles. The minimum atomic E-state index is -6.88. The zero-order valence-corrected chi connectivity index (χ0v) is 13.2. The van der Waals surface area contributed by atoms with Gasteiger partial charge in [0.25, 0.3) is 0 Å². The fourth-order valence-corrected chi connectivity index (χ4v) is 1.98. The Bertz CT molecular complexity index is 502. The van der Waals surface area contributed by atoms with Crippen LogP contribution in [0.25, 0.3) is 0 Å². The first-order valence-electron chi connectivity index (χ1n) is 6.69. The molecule has 0 aromatic heterocycles. The molecule has 0 rings (SSSR count). The number of carbonyl (C=O) groups is 1. The zero-order chi connectivity index (χ0) is 21.4. The summed E-state index contributed by atoms with van der Waals surface area (Å²) in [4.78, 5) is 10.6. The normalized spacial score (nSPS) is 16.1. The smallest absolute Gasteiger partial charge is 0.389 e. The number of alkyl halides is 11. The Morgan fingerprint density at radius 3 is 1.58 bits per heavy atom. The summed E-state index contributed by atoms with van der Waals surface area (Å²) in [6.45, 7) is 0. The van der Waals surface area contributed by atoms with E-state index >= 15 is 0 Å². The Balaban J connectivity index is 5.79. The number of hydrogen-bond donors (Lipinski definition) is 1. The van der Waals surface area contributed by atoms with Crippen LogP contribution in [0.3, 0.4) is 0 Å². The number of likely N-dealkylation sites (N-methyl/N-ethyl adjacent to an activating group) is 1. The summed E-state index contributed by atoms with van der Waals surface area (Å²) < 4.78 is 144. The van der Waals surface area contributed by atoms with Gasteiger partial charge in [-0.25, -0.2) is 0 Å². The highest BCUT2D eigenvalue weighted by Gasteiger charge is 2.82. The van der Waals surface area contributed by atoms with Crippen molar-refractivity contribution >= 4 is 5.97 Å². The largest absolute Gasteiger partial charge is 0.480 e. The van der Waals surface area contributed by atoms with Crippen LogP contribution in [0.15, 0.2) is 0 Å². The Kier molecular flexibility index (Phi) is 6.97. The van der Waals surface area contributed by atoms with Gasteiger partial charge in [-0.15, -0.1) is 0 Å². The molecular weight excluding hydrogens is 399 g/mol. The van der Waals surface area contributed by atoms with Crippen molar-refractivity contribution in [1.29, 1.82) is 0 Å². The van der Waals surface area contributed by atoms with Gasteiger partial charge in [-0.1, -0.05) is 0 Å². The number of rotatable bonds is 9. The van der Waals surface area contributed by atoms with E-state index in [1.165, 1.54) is 0 Å². The van der Waals surface area contributed by atoms with Crippen LogP contribution >= 0.6 is 0 Å². The monoisotopic (exact) mass is 413 g/mol. The van der Waals surface area contributed by atoms with E-state index in [4.69, 9.17) is 5.11 Å². The van der Waals surface area contributed by atoms with Gasteiger partial charge in [-0.2, -0.15) is 48.3 Å². The lowest BCUT2D eigenvalue weighted by molar-refractivity contribution is -0.373. The van der Waals surface area contributed by atoms with E-state index in [9.17, 15) is 53.1 Å². The third-order valence-electron chi connectivity index (χ3n) is 3.32. The second-order valence-corrected chi connectivity index (χ2v) is 5.65. The van der Waals surface area contributed by atoms with E-state index in [0.717, 1.165) is 0 Å². The van der Waals surface area contributed by atoms with E-state index in [-0.39, 0.29) is 4.90 Å². The van der Waals surface area contributed by atoms with Crippen molar-refractivity contribution in [3.05, 3.63) is 0 Å². The molecule has 0 saturated carbocycles. The van der Waals surface area contributed by atoms with Crippen LogP contribution in [0.5, 0.6) is 0 Å². The molecule has 26 heavy (non-hydrogen) atoms. The Hall–Kier alpha value is -1.34. The third kappa shape index (κ3) is 4.68. The van der Waals surface area contributed by atoms with Crippen molar-refractivity contribution in [2.75, 3.05) is 14.1 Å². The molecule has 0 aliphatic carbocycles. The molecule has 0 saturated heterocycles. The van der Waals surface area contributed by atoms with E-state index in [2.05, 4.69) is 0 Å². The minimum Gasteiger partial charge on any atom is -0.480 e. The fourth-order valence-electron chi connectivity index (χ4n) is 1.98. The van der Waals surface area contributed by atoms with Crippen molar-refractivity contribution in [1.82, 2.24) is 4.90 Å². The summed E-state index contributed by atoms with van der Waals surface area (Å²) in [5.74, 6) is -28.5. The Morgan fingerprint density at radius 1 is 0.846 bits per heavy atom. The predicted molar refractivity (Wildman–Crippen MR) is 64.8 cm³/mol. The molecule has 1 unspecified atom stereocenters. The first kappa shape index (κ1) is 24.7. The Labute approximate surface area is 139 Å². The lowest BCUT2D eigenvalue weighted by atomic mass is 9.91. The van der Waals surface area contributed by atoms with Crippen LogP contribution in [0.2, 0.25) is 0 Å². The molecule has 0 heterocycles. The van der Waals surface area contributed by atoms with Crippen molar-refractivity contribution < 1.29 is 58.2 Å². The zero-order valence-electron chi connectivity index (χ0n) is 13.2. The molecule has 0 aromatic carbocycles. The van der Waals surface area contributed by atoms with Gasteiger partial charge in [0, 0.05) is 12.8 Å². The molecular formula is C12H14F11NO2. The first-order valence-corrected chi connectivity index (χ1v) is 6.69. The summed E-state index contributed by atoms with van der Waals surface area (Å²) in [5, 5.41) is 8.53. The van der Waals surface area contributed by atoms with Crippen LogP contribution in [0.4, 0.5) is 48.3 Å². The average Bonchev–Trinajstić information content (AvgIpc) is 2.34. The minimum absolute atomic E-state index is 0.103. The van der Waals surface area contributed by atoms with Crippen LogP contribution < -0.4 is 0 Å². The van der Waals surface area contributed by atoms with Crippen LogP contribution in [0, 0.1) is 0 Å². The number of carboxylic acids is 1. The lowest BCUT2D eigenvalue weighted by Crippen LogP contribution is -2.68. The second kappa shape index (κ2) is 7.35. The van der Waals surface area contributed by atoms with Gasteiger partial charge < -0.3 is 5.11 Å². The van der Waals surface area contributed by atoms with Gasteiger partial charge in [-0.3, -0.25) is 9.69 Å². The molecule has 156 valence electrons. The fraction of sp³-hybridized carbons (Fsp3) is 0.917. The first-order chi connectivity index (χ1) is 11.2. The van der Waals surface area contributed by atoms with E-state index in [1.54, 1.807) is 0 Å². The van der Waals surface area contributed by atoms with Crippen molar-refractivity contribution in [2.45, 2.75) is 55.2 Å². The summed E-state index contributed by atoms with van der Waals surface area (Å²) in [6, 6.07) is -3.60. The molecule has 0 radical (unpaired) electrons. The molecule has 0 aromatic rings. The van der Waals surface area contributed by atoms with Crippen molar-refractivity contribution in [3.8, 4) is 0 Å². The average molecular weight is 413 g/mol. The maximum absolute atomic E-state index is 13.7. The summed E-state index contributed by atoms with van der Waals surface area (Å²) >= 11 is 0. The summed E-state index contributed by atoms with van der Waals surface area (Å²) in [5.41, 5.74) is 0. The van der Waals surface area contributed by atoms with Gasteiger partial charge in [0.1, 0.15) is 0 Å². The van der Waals surface area contributed by atoms with E-state index < -0.39 is 61.1 Å². The van der Waals surface area contributed by atoms with Crippen molar-refractivity contribution in [3.63, 3.8) is 0 Å². The van der Waals surface area contributed by atoms with Crippen molar-refractivity contribution in [2.24, 2.45) is 0 Å². The predicted octanol–water partition coefficient (Wildman–Crippen LogP) is 4.28. The highest BCUT2D eigenvalue weighted by Crippen LogP contribution is 2.55. The molecule has 0 spiro atoms. The maximum atomic E-state index is 13.7. The number of hydrogen-bond acceptors (Lipinski definition) is 2. The summed E-state index contributed by atoms with van der Waals surface area (Å²) in [6.07, 6.45) is -11.3. The van der Waals surface area contributed by atoms with Crippen LogP contribution in [-0.2, 0) is 4.79 Å². The molecule has 0 bridgehead atoms. The quantitative estimate of drug-likeness (QED) is 0.574. The molecule has 0 amide bonds. The number of aliphatic carboxylic acids is 1. The maximum Gasteiger partial charge on any atom is 0.389 e. The number of halogens is 11. The second-order valence-electron chi connectivity index (χ2n) is 5.65. The number of nitrogens with zero attached hydrogens (tertiary/aromatic N) is 1. The van der Waals surface area contributed by atoms with Crippen LogP contribution in [-0.4, -0.2) is 66.0 Å². The third-order valence-corrected chi connectivity index (χ3v) is 3.32. The molecule has 1 N–H and O–H groups in total. The topological polar surface area (TPSA) is 40.5 Å². The molecule has 1 atom stereocenters. The highest BCUT2D eigenvalue weighted by atomic mass is 19.4. The molecule has 0 fully saturated rings.